The zero-order valence-corrected chi connectivity index (χ0v) is 17.5. The Kier molecular flexibility index (Phi) is 6.49. The van der Waals surface area contributed by atoms with E-state index in [0.717, 1.165) is 5.56 Å². The van der Waals surface area contributed by atoms with E-state index in [1.165, 1.54) is 4.31 Å². The molecule has 1 amide bonds. The van der Waals surface area contributed by atoms with Crippen molar-refractivity contribution in [1.82, 2.24) is 9.62 Å². The van der Waals surface area contributed by atoms with E-state index >= 15 is 0 Å². The molecule has 0 radical (unpaired) electrons. The number of aryl methyl sites for hydroxylation is 1. The number of carbonyl (C=O) groups excluding carboxylic acids is 2. The average molecular weight is 415 g/mol. The van der Waals surface area contributed by atoms with Gasteiger partial charge in [-0.05, 0) is 32.8 Å². The molecule has 1 aliphatic heterocycles. The van der Waals surface area contributed by atoms with Gasteiger partial charge >= 0.3 is 0 Å². The SMILES string of the molecule is CCS(=O)(=O)N1CCC(NC(=O)c2ccccc2C(=O)c2ccc(C)cc2)CC1. The fourth-order valence-corrected chi connectivity index (χ4v) is 4.60. The summed E-state index contributed by atoms with van der Waals surface area (Å²) in [5.41, 5.74) is 2.29. The Labute approximate surface area is 172 Å². The third-order valence-corrected chi connectivity index (χ3v) is 7.16. The monoisotopic (exact) mass is 414 g/mol. The molecule has 154 valence electrons. The van der Waals surface area contributed by atoms with Crippen LogP contribution in [0.15, 0.2) is 48.5 Å². The van der Waals surface area contributed by atoms with Crippen molar-refractivity contribution in [2.24, 2.45) is 0 Å². The van der Waals surface area contributed by atoms with Crippen molar-refractivity contribution in [3.05, 3.63) is 70.8 Å². The molecule has 0 saturated carbocycles. The quantitative estimate of drug-likeness (QED) is 0.737. The van der Waals surface area contributed by atoms with Gasteiger partial charge in [-0.1, -0.05) is 48.0 Å². The van der Waals surface area contributed by atoms with Crippen LogP contribution in [0.2, 0.25) is 0 Å². The molecule has 29 heavy (non-hydrogen) atoms. The number of ketones is 1. The number of piperidine rings is 1. The second-order valence-corrected chi connectivity index (χ2v) is 9.55. The summed E-state index contributed by atoms with van der Waals surface area (Å²) in [5.74, 6) is -0.420. The second-order valence-electron chi connectivity index (χ2n) is 7.29. The van der Waals surface area contributed by atoms with E-state index in [0.29, 0.717) is 42.6 Å². The van der Waals surface area contributed by atoms with E-state index in [2.05, 4.69) is 5.32 Å². The minimum atomic E-state index is -3.20. The molecule has 0 aliphatic carbocycles. The van der Waals surface area contributed by atoms with Crippen LogP contribution >= 0.6 is 0 Å². The first kappa shape index (κ1) is 21.2. The summed E-state index contributed by atoms with van der Waals surface area (Å²) in [6.45, 7) is 4.37. The van der Waals surface area contributed by atoms with E-state index in [4.69, 9.17) is 0 Å². The molecule has 3 rings (SSSR count). The molecule has 0 bridgehead atoms. The van der Waals surface area contributed by atoms with Crippen LogP contribution in [-0.2, 0) is 10.0 Å². The predicted octanol–water partition coefficient (Wildman–Crippen LogP) is 2.77. The molecule has 1 aliphatic rings. The van der Waals surface area contributed by atoms with E-state index < -0.39 is 10.0 Å². The van der Waals surface area contributed by atoms with Gasteiger partial charge in [-0.3, -0.25) is 9.59 Å². The Bertz CT molecular complexity index is 992. The molecule has 0 atom stereocenters. The first-order valence-corrected chi connectivity index (χ1v) is 11.4. The molecule has 0 spiro atoms. The number of nitrogens with zero attached hydrogens (tertiary/aromatic N) is 1. The van der Waals surface area contributed by atoms with Gasteiger partial charge in [0.1, 0.15) is 0 Å². The molecule has 0 unspecified atom stereocenters. The molecule has 1 heterocycles. The lowest BCUT2D eigenvalue weighted by Crippen LogP contribution is -2.47. The van der Waals surface area contributed by atoms with Crippen molar-refractivity contribution in [3.8, 4) is 0 Å². The zero-order valence-electron chi connectivity index (χ0n) is 16.7. The molecule has 1 saturated heterocycles. The van der Waals surface area contributed by atoms with Crippen molar-refractivity contribution in [2.45, 2.75) is 32.7 Å². The summed E-state index contributed by atoms with van der Waals surface area (Å²) in [6.07, 6.45) is 1.11. The highest BCUT2D eigenvalue weighted by Gasteiger charge is 2.28. The Morgan fingerprint density at radius 1 is 1.00 bits per heavy atom. The summed E-state index contributed by atoms with van der Waals surface area (Å²) in [4.78, 5) is 25.8. The number of rotatable bonds is 6. The van der Waals surface area contributed by atoms with Crippen molar-refractivity contribution in [2.75, 3.05) is 18.8 Å². The van der Waals surface area contributed by atoms with Gasteiger partial charge < -0.3 is 5.32 Å². The Morgan fingerprint density at radius 2 is 1.59 bits per heavy atom. The smallest absolute Gasteiger partial charge is 0.252 e. The lowest BCUT2D eigenvalue weighted by atomic mass is 9.96. The Hall–Kier alpha value is -2.51. The number of carbonyl (C=O) groups is 2. The van der Waals surface area contributed by atoms with Gasteiger partial charge in [0.2, 0.25) is 10.0 Å². The normalized spacial score (nSPS) is 15.8. The third kappa shape index (κ3) is 4.92. The second kappa shape index (κ2) is 8.88. The van der Waals surface area contributed by atoms with Crippen LogP contribution in [0.4, 0.5) is 0 Å². The van der Waals surface area contributed by atoms with Gasteiger partial charge in [-0.2, -0.15) is 0 Å². The van der Waals surface area contributed by atoms with Crippen molar-refractivity contribution < 1.29 is 18.0 Å². The number of benzene rings is 2. The standard InChI is InChI=1S/C22H26N2O4S/c1-3-29(27,28)24-14-12-18(13-15-24)23-22(26)20-7-5-4-6-19(20)21(25)17-10-8-16(2)9-11-17/h4-11,18H,3,12-15H2,1-2H3,(H,23,26). The molecule has 2 aromatic carbocycles. The van der Waals surface area contributed by atoms with Gasteiger partial charge in [0.15, 0.2) is 5.78 Å². The molecule has 1 fully saturated rings. The number of amides is 1. The van der Waals surface area contributed by atoms with Crippen LogP contribution in [0.5, 0.6) is 0 Å². The number of hydrogen-bond donors (Lipinski definition) is 1. The van der Waals surface area contributed by atoms with E-state index in [9.17, 15) is 18.0 Å². The van der Waals surface area contributed by atoms with E-state index in [1.807, 2.05) is 19.1 Å². The molecule has 1 N–H and O–H groups in total. The lowest BCUT2D eigenvalue weighted by Gasteiger charge is -2.31. The van der Waals surface area contributed by atoms with Gasteiger partial charge in [0, 0.05) is 30.3 Å². The topological polar surface area (TPSA) is 83.6 Å². The zero-order chi connectivity index (χ0) is 21.0. The maximum atomic E-state index is 12.9. The van der Waals surface area contributed by atoms with Crippen molar-refractivity contribution in [1.29, 1.82) is 0 Å². The molecular weight excluding hydrogens is 388 g/mol. The van der Waals surface area contributed by atoms with Gasteiger partial charge in [0.25, 0.3) is 5.91 Å². The average Bonchev–Trinajstić information content (AvgIpc) is 2.74. The first-order valence-electron chi connectivity index (χ1n) is 9.81. The number of nitrogens with one attached hydrogen (secondary N) is 1. The minimum Gasteiger partial charge on any atom is -0.349 e. The molecular formula is C22H26N2O4S. The molecule has 7 heteroatoms. The van der Waals surface area contributed by atoms with Gasteiger partial charge in [-0.25, -0.2) is 12.7 Å². The van der Waals surface area contributed by atoms with Crippen molar-refractivity contribution in [3.63, 3.8) is 0 Å². The summed E-state index contributed by atoms with van der Waals surface area (Å²) < 4.78 is 25.4. The highest BCUT2D eigenvalue weighted by Crippen LogP contribution is 2.18. The maximum Gasteiger partial charge on any atom is 0.252 e. The summed E-state index contributed by atoms with van der Waals surface area (Å²) in [5, 5.41) is 2.97. The largest absolute Gasteiger partial charge is 0.349 e. The van der Waals surface area contributed by atoms with Crippen LogP contribution in [0.1, 0.15) is 51.6 Å². The van der Waals surface area contributed by atoms with Crippen molar-refractivity contribution >= 4 is 21.7 Å². The minimum absolute atomic E-state index is 0.0819. The maximum absolute atomic E-state index is 12.9. The molecule has 6 nitrogen and oxygen atoms in total. The Balaban J connectivity index is 1.71. The van der Waals surface area contributed by atoms with Gasteiger partial charge in [0.05, 0.1) is 11.3 Å². The third-order valence-electron chi connectivity index (χ3n) is 5.28. The molecule has 2 aromatic rings. The first-order chi connectivity index (χ1) is 13.8. The molecule has 0 aromatic heterocycles. The highest BCUT2D eigenvalue weighted by molar-refractivity contribution is 7.89. The highest BCUT2D eigenvalue weighted by atomic mass is 32.2. The summed E-state index contributed by atoms with van der Waals surface area (Å²) >= 11 is 0. The van der Waals surface area contributed by atoms with Crippen LogP contribution < -0.4 is 5.32 Å². The number of sulfonamides is 1. The van der Waals surface area contributed by atoms with Crippen LogP contribution in [-0.4, -0.2) is 49.3 Å². The Morgan fingerprint density at radius 3 is 2.17 bits per heavy atom. The van der Waals surface area contributed by atoms with Crippen LogP contribution in [0, 0.1) is 6.92 Å². The van der Waals surface area contributed by atoms with E-state index in [-0.39, 0.29) is 23.5 Å². The summed E-state index contributed by atoms with van der Waals surface area (Å²) in [6, 6.07) is 13.9. The summed E-state index contributed by atoms with van der Waals surface area (Å²) in [7, 11) is -3.20. The number of hydrogen-bond acceptors (Lipinski definition) is 4. The predicted molar refractivity (Wildman–Crippen MR) is 113 cm³/mol. The van der Waals surface area contributed by atoms with E-state index in [1.54, 1.807) is 43.3 Å². The van der Waals surface area contributed by atoms with Gasteiger partial charge in [-0.15, -0.1) is 0 Å². The fourth-order valence-electron chi connectivity index (χ4n) is 3.46. The lowest BCUT2D eigenvalue weighted by molar-refractivity contribution is 0.0914. The van der Waals surface area contributed by atoms with Crippen LogP contribution in [0.25, 0.3) is 0 Å². The van der Waals surface area contributed by atoms with Crippen LogP contribution in [0.3, 0.4) is 0 Å². The fraction of sp³-hybridized carbons (Fsp3) is 0.364.